The highest BCUT2D eigenvalue weighted by atomic mass is 31.2. The number of rotatable bonds is 66. The van der Waals surface area contributed by atoms with Crippen LogP contribution < -0.4 is 0 Å². The maximum Gasteiger partial charge on any atom is 0.472 e. The van der Waals surface area contributed by atoms with E-state index in [1.54, 1.807) is 0 Å². The van der Waals surface area contributed by atoms with Crippen LogP contribution in [0.2, 0.25) is 0 Å². The van der Waals surface area contributed by atoms with Crippen LogP contribution in [-0.2, 0) is 65.4 Å². The van der Waals surface area contributed by atoms with Gasteiger partial charge < -0.3 is 33.8 Å². The molecule has 0 aromatic carbocycles. The molecule has 4 unspecified atom stereocenters. The van der Waals surface area contributed by atoms with E-state index in [0.29, 0.717) is 31.6 Å². The summed E-state index contributed by atoms with van der Waals surface area (Å²) >= 11 is 0. The maximum atomic E-state index is 13.0. The number of carbonyl (C=O) groups is 4. The first-order chi connectivity index (χ1) is 42.1. The molecule has 0 rings (SSSR count). The van der Waals surface area contributed by atoms with Gasteiger partial charge >= 0.3 is 39.5 Å². The second kappa shape index (κ2) is 58.8. The largest absolute Gasteiger partial charge is 0.472 e. The fourth-order valence-electron chi connectivity index (χ4n) is 10.3. The van der Waals surface area contributed by atoms with Gasteiger partial charge in [0.1, 0.15) is 19.3 Å². The highest BCUT2D eigenvalue weighted by Gasteiger charge is 2.30. The van der Waals surface area contributed by atoms with Gasteiger partial charge in [-0.1, -0.05) is 287 Å². The number of phosphoric acid groups is 2. The molecule has 0 aliphatic rings. The topological polar surface area (TPSA) is 237 Å². The van der Waals surface area contributed by atoms with Crippen LogP contribution in [0, 0.1) is 23.7 Å². The van der Waals surface area contributed by atoms with Gasteiger partial charge in [0.15, 0.2) is 12.2 Å². The molecular formula is C69H134O17P2. The van der Waals surface area contributed by atoms with Crippen LogP contribution in [0.5, 0.6) is 0 Å². The van der Waals surface area contributed by atoms with Crippen molar-refractivity contribution in [1.29, 1.82) is 0 Å². The van der Waals surface area contributed by atoms with Crippen molar-refractivity contribution in [1.82, 2.24) is 0 Å². The Morgan fingerprint density at radius 3 is 0.807 bits per heavy atom. The molecule has 0 amide bonds. The third-order valence-corrected chi connectivity index (χ3v) is 18.1. The lowest BCUT2D eigenvalue weighted by Crippen LogP contribution is -2.30. The molecule has 6 atom stereocenters. The third kappa shape index (κ3) is 61.6. The number of hydrogen-bond donors (Lipinski definition) is 3. The van der Waals surface area contributed by atoms with Gasteiger partial charge in [0.25, 0.3) is 0 Å². The van der Waals surface area contributed by atoms with Gasteiger partial charge in [0.05, 0.1) is 26.4 Å². The van der Waals surface area contributed by atoms with Crippen LogP contribution >= 0.6 is 15.6 Å². The van der Waals surface area contributed by atoms with Crippen molar-refractivity contribution in [3.63, 3.8) is 0 Å². The van der Waals surface area contributed by atoms with E-state index in [4.69, 9.17) is 37.0 Å². The Labute approximate surface area is 537 Å². The van der Waals surface area contributed by atoms with Crippen molar-refractivity contribution in [2.75, 3.05) is 39.6 Å². The first kappa shape index (κ1) is 86.1. The van der Waals surface area contributed by atoms with Crippen molar-refractivity contribution in [3.05, 3.63) is 0 Å². The van der Waals surface area contributed by atoms with Crippen molar-refractivity contribution in [2.45, 2.75) is 356 Å². The highest BCUT2D eigenvalue weighted by Crippen LogP contribution is 2.45. The van der Waals surface area contributed by atoms with Gasteiger partial charge in [0, 0.05) is 25.7 Å². The molecule has 0 saturated heterocycles. The van der Waals surface area contributed by atoms with Crippen LogP contribution in [0.3, 0.4) is 0 Å². The number of carbonyl (C=O) groups excluding carboxylic acids is 4. The molecule has 522 valence electrons. The van der Waals surface area contributed by atoms with Gasteiger partial charge in [-0.05, 0) is 49.4 Å². The Kier molecular flexibility index (Phi) is 57.6. The minimum Gasteiger partial charge on any atom is -0.462 e. The number of hydrogen-bond acceptors (Lipinski definition) is 15. The van der Waals surface area contributed by atoms with Gasteiger partial charge in [0.2, 0.25) is 0 Å². The Bertz CT molecular complexity index is 1750. The fourth-order valence-corrected chi connectivity index (χ4v) is 11.9. The Balaban J connectivity index is 5.26. The fraction of sp³-hybridized carbons (Fsp3) is 0.942. The molecule has 0 heterocycles. The number of phosphoric ester groups is 2. The number of esters is 4. The summed E-state index contributed by atoms with van der Waals surface area (Å²) in [6.07, 6.45) is 40.4. The van der Waals surface area contributed by atoms with E-state index in [-0.39, 0.29) is 25.7 Å². The molecule has 0 bridgehead atoms. The molecule has 0 spiro atoms. The van der Waals surface area contributed by atoms with E-state index in [2.05, 4.69) is 55.4 Å². The smallest absolute Gasteiger partial charge is 0.462 e. The molecule has 0 aliphatic carbocycles. The van der Waals surface area contributed by atoms with E-state index in [9.17, 15) is 43.2 Å². The molecule has 17 nitrogen and oxygen atoms in total. The highest BCUT2D eigenvalue weighted by molar-refractivity contribution is 7.47. The monoisotopic (exact) mass is 1300 g/mol. The zero-order chi connectivity index (χ0) is 65.4. The van der Waals surface area contributed by atoms with Crippen molar-refractivity contribution in [2.24, 2.45) is 23.7 Å². The van der Waals surface area contributed by atoms with Crippen molar-refractivity contribution < 1.29 is 80.2 Å². The summed E-state index contributed by atoms with van der Waals surface area (Å²) < 4.78 is 68.2. The predicted octanol–water partition coefficient (Wildman–Crippen LogP) is 19.3. The zero-order valence-electron chi connectivity index (χ0n) is 57.3. The van der Waals surface area contributed by atoms with Crippen molar-refractivity contribution in [3.8, 4) is 0 Å². The molecule has 0 aromatic heterocycles. The molecular weight excluding hydrogens is 1160 g/mol. The number of unbranched alkanes of at least 4 members (excludes halogenated alkanes) is 31. The third-order valence-electron chi connectivity index (χ3n) is 16.2. The molecule has 0 fully saturated rings. The SMILES string of the molecule is CCC(C)CCCCCCCCCCC(=O)OC[C@H](COP(=O)(O)OCC(O)COP(=O)(O)OC[C@@H](COC(=O)CCCCCCCCCCC(C)C)OC(=O)CCCCCCCCCC(C)C)OC(=O)CCCCCCCCCCCCCCC(C)C. The zero-order valence-corrected chi connectivity index (χ0v) is 59.1. The Hall–Kier alpha value is -1.94. The lowest BCUT2D eigenvalue weighted by Gasteiger charge is -2.21. The van der Waals surface area contributed by atoms with E-state index in [1.165, 1.54) is 141 Å². The summed E-state index contributed by atoms with van der Waals surface area (Å²) in [6, 6.07) is 0. The predicted molar refractivity (Wildman–Crippen MR) is 354 cm³/mol. The second-order valence-corrected chi connectivity index (χ2v) is 29.5. The van der Waals surface area contributed by atoms with Crippen LogP contribution in [0.25, 0.3) is 0 Å². The van der Waals surface area contributed by atoms with Crippen LogP contribution in [0.1, 0.15) is 338 Å². The number of aliphatic hydroxyl groups excluding tert-OH is 1. The second-order valence-electron chi connectivity index (χ2n) is 26.6. The van der Waals surface area contributed by atoms with E-state index < -0.39 is 97.5 Å². The molecule has 0 aliphatic heterocycles. The van der Waals surface area contributed by atoms with Crippen molar-refractivity contribution >= 4 is 39.5 Å². The Morgan fingerprint density at radius 2 is 0.545 bits per heavy atom. The van der Waals surface area contributed by atoms with Crippen LogP contribution in [0.4, 0.5) is 0 Å². The van der Waals surface area contributed by atoms with Crippen LogP contribution in [0.15, 0.2) is 0 Å². The summed E-state index contributed by atoms with van der Waals surface area (Å²) in [7, 11) is -9.90. The number of aliphatic hydroxyl groups is 1. The first-order valence-electron chi connectivity index (χ1n) is 35.7. The summed E-state index contributed by atoms with van der Waals surface area (Å²) in [5.41, 5.74) is 0. The molecule has 88 heavy (non-hydrogen) atoms. The number of ether oxygens (including phenoxy) is 4. The molecule has 0 radical (unpaired) electrons. The summed E-state index contributed by atoms with van der Waals surface area (Å²) in [5, 5.41) is 10.6. The van der Waals surface area contributed by atoms with Gasteiger partial charge in [-0.2, -0.15) is 0 Å². The van der Waals surface area contributed by atoms with Gasteiger partial charge in [-0.25, -0.2) is 9.13 Å². The van der Waals surface area contributed by atoms with E-state index >= 15 is 0 Å². The molecule has 0 saturated carbocycles. The normalized spacial score (nSPS) is 14.6. The lowest BCUT2D eigenvalue weighted by molar-refractivity contribution is -0.161. The van der Waals surface area contributed by atoms with E-state index in [0.717, 1.165) is 108 Å². The quantitative estimate of drug-likeness (QED) is 0.0222. The maximum absolute atomic E-state index is 13.0. The lowest BCUT2D eigenvalue weighted by atomic mass is 9.99. The molecule has 0 aromatic rings. The summed E-state index contributed by atoms with van der Waals surface area (Å²) in [6.45, 7) is 14.1. The molecule has 19 heteroatoms. The first-order valence-corrected chi connectivity index (χ1v) is 38.7. The minimum atomic E-state index is -4.95. The average molecular weight is 1300 g/mol. The van der Waals surface area contributed by atoms with Crippen LogP contribution in [-0.4, -0.2) is 96.7 Å². The minimum absolute atomic E-state index is 0.102. The molecule has 3 N–H and O–H groups in total. The average Bonchev–Trinajstić information content (AvgIpc) is 3.55. The Morgan fingerprint density at radius 1 is 0.318 bits per heavy atom. The van der Waals surface area contributed by atoms with E-state index in [1.807, 2.05) is 0 Å². The van der Waals surface area contributed by atoms with Gasteiger partial charge in [-0.3, -0.25) is 37.3 Å². The standard InChI is InChI=1S/C69H134O17P2/c1-9-62(8)48-40-32-24-17-19-26-34-42-50-67(72)80-55-64(85-68(73)51-43-35-27-15-13-11-10-12-14-21-29-37-45-59(2)3)57-83-87(75,76)81-53-63(70)54-82-88(77,78)84-58-65(86-69(74)52-44-36-28-20-23-31-39-47-61(6)7)56-79-66(71)49-41-33-25-18-16-22-30-38-46-60(4)5/h59-65,70H,9-58H2,1-8H3,(H,75,76)(H,77,78)/t62?,63?,64-,65-/m1/s1. The summed E-state index contributed by atoms with van der Waals surface area (Å²) in [5.74, 6) is 0.843. The van der Waals surface area contributed by atoms with Gasteiger partial charge in [-0.15, -0.1) is 0 Å². The summed E-state index contributed by atoms with van der Waals surface area (Å²) in [4.78, 5) is 72.5.